The van der Waals surface area contributed by atoms with Crippen LogP contribution >= 0.6 is 0 Å². The van der Waals surface area contributed by atoms with Crippen LogP contribution in [-0.4, -0.2) is 27.3 Å². The van der Waals surface area contributed by atoms with Crippen molar-refractivity contribution in [2.45, 2.75) is 32.2 Å². The minimum Gasteiger partial charge on any atom is -0.340 e. The largest absolute Gasteiger partial charge is 0.340 e. The summed E-state index contributed by atoms with van der Waals surface area (Å²) in [5.41, 5.74) is 4.33. The van der Waals surface area contributed by atoms with E-state index >= 15 is 0 Å². The Labute approximate surface area is 153 Å². The van der Waals surface area contributed by atoms with Gasteiger partial charge in [-0.1, -0.05) is 43.3 Å². The Morgan fingerprint density at radius 2 is 2.04 bits per heavy atom. The summed E-state index contributed by atoms with van der Waals surface area (Å²) in [5.74, 6) is 0.935. The SMILES string of the molecule is CCc1ccc(C=CC(=O)N2CCCC2c2nc3ccccc3[nH]2)cc1. The molecule has 26 heavy (non-hydrogen) atoms. The Hall–Kier alpha value is -2.88. The monoisotopic (exact) mass is 345 g/mol. The van der Waals surface area contributed by atoms with E-state index in [0.717, 1.165) is 48.2 Å². The first kappa shape index (κ1) is 16.6. The summed E-state index contributed by atoms with van der Waals surface area (Å²) in [4.78, 5) is 22.7. The van der Waals surface area contributed by atoms with Gasteiger partial charge in [0.15, 0.2) is 0 Å². The highest BCUT2D eigenvalue weighted by Crippen LogP contribution is 2.31. The van der Waals surface area contributed by atoms with E-state index in [1.54, 1.807) is 6.08 Å². The zero-order chi connectivity index (χ0) is 17.9. The predicted octanol–water partition coefficient (Wildman–Crippen LogP) is 4.50. The molecule has 3 aromatic rings. The fourth-order valence-electron chi connectivity index (χ4n) is 3.57. The van der Waals surface area contributed by atoms with E-state index < -0.39 is 0 Å². The molecule has 1 amide bonds. The number of hydrogen-bond acceptors (Lipinski definition) is 2. The molecule has 4 rings (SSSR count). The quantitative estimate of drug-likeness (QED) is 0.708. The van der Waals surface area contributed by atoms with Crippen LogP contribution in [0.15, 0.2) is 54.6 Å². The molecule has 2 aromatic carbocycles. The number of aromatic amines is 1. The van der Waals surface area contributed by atoms with Crippen LogP contribution in [0, 0.1) is 0 Å². The molecule has 0 saturated carbocycles. The number of amides is 1. The van der Waals surface area contributed by atoms with Crippen LogP contribution < -0.4 is 0 Å². The number of aromatic nitrogens is 2. The highest BCUT2D eigenvalue weighted by molar-refractivity contribution is 5.92. The first-order chi connectivity index (χ1) is 12.7. The number of fused-ring (bicyclic) bond motifs is 1. The lowest BCUT2D eigenvalue weighted by atomic mass is 10.1. The van der Waals surface area contributed by atoms with Gasteiger partial charge >= 0.3 is 0 Å². The number of para-hydroxylation sites is 2. The highest BCUT2D eigenvalue weighted by atomic mass is 16.2. The van der Waals surface area contributed by atoms with Gasteiger partial charge in [0.2, 0.25) is 5.91 Å². The summed E-state index contributed by atoms with van der Waals surface area (Å²) in [6.07, 6.45) is 6.56. The van der Waals surface area contributed by atoms with Crippen molar-refractivity contribution < 1.29 is 4.79 Å². The van der Waals surface area contributed by atoms with E-state index in [0.29, 0.717) is 0 Å². The van der Waals surface area contributed by atoms with Gasteiger partial charge in [0.25, 0.3) is 0 Å². The molecular weight excluding hydrogens is 322 g/mol. The summed E-state index contributed by atoms with van der Waals surface area (Å²) in [7, 11) is 0. The zero-order valence-electron chi connectivity index (χ0n) is 15.0. The molecule has 4 heteroatoms. The van der Waals surface area contributed by atoms with Gasteiger partial charge in [-0.25, -0.2) is 4.98 Å². The molecule has 0 bridgehead atoms. The molecule has 1 aliphatic heterocycles. The Kier molecular flexibility index (Phi) is 4.57. The standard InChI is InChI=1S/C22H23N3O/c1-2-16-9-11-17(12-10-16)13-14-21(26)25-15-5-8-20(25)22-23-18-6-3-4-7-19(18)24-22/h3-4,6-7,9-14,20H,2,5,8,15H2,1H3,(H,23,24). The van der Waals surface area contributed by atoms with E-state index in [1.807, 2.05) is 35.2 Å². The van der Waals surface area contributed by atoms with Crippen molar-refractivity contribution in [3.05, 3.63) is 71.6 Å². The van der Waals surface area contributed by atoms with Crippen LogP contribution in [0.25, 0.3) is 17.1 Å². The van der Waals surface area contributed by atoms with Crippen LogP contribution in [0.2, 0.25) is 0 Å². The number of likely N-dealkylation sites (tertiary alicyclic amines) is 1. The lowest BCUT2D eigenvalue weighted by Gasteiger charge is -2.21. The molecule has 4 nitrogen and oxygen atoms in total. The number of nitrogens with zero attached hydrogens (tertiary/aromatic N) is 2. The van der Waals surface area contributed by atoms with E-state index in [1.165, 1.54) is 5.56 Å². The number of rotatable bonds is 4. The van der Waals surface area contributed by atoms with Gasteiger partial charge in [-0.05, 0) is 48.6 Å². The van der Waals surface area contributed by atoms with Gasteiger partial charge in [-0.15, -0.1) is 0 Å². The summed E-state index contributed by atoms with van der Waals surface area (Å²) in [5, 5.41) is 0. The lowest BCUT2D eigenvalue weighted by molar-refractivity contribution is -0.126. The summed E-state index contributed by atoms with van der Waals surface area (Å²) < 4.78 is 0. The van der Waals surface area contributed by atoms with Crippen molar-refractivity contribution in [1.29, 1.82) is 0 Å². The normalized spacial score (nSPS) is 17.4. The smallest absolute Gasteiger partial charge is 0.247 e. The van der Waals surface area contributed by atoms with Crippen molar-refractivity contribution >= 4 is 23.0 Å². The second kappa shape index (κ2) is 7.16. The number of carbonyl (C=O) groups excluding carboxylic acids is 1. The minimum absolute atomic E-state index is 0.0296. The third-order valence-corrected chi connectivity index (χ3v) is 5.07. The molecule has 1 atom stereocenters. The fraction of sp³-hybridized carbons (Fsp3) is 0.273. The van der Waals surface area contributed by atoms with Crippen molar-refractivity contribution in [3.8, 4) is 0 Å². The van der Waals surface area contributed by atoms with Crippen molar-refractivity contribution in [1.82, 2.24) is 14.9 Å². The predicted molar refractivity (Wildman–Crippen MR) is 105 cm³/mol. The second-order valence-corrected chi connectivity index (χ2v) is 6.76. The van der Waals surface area contributed by atoms with Crippen LogP contribution in [0.4, 0.5) is 0 Å². The Balaban J connectivity index is 1.51. The first-order valence-electron chi connectivity index (χ1n) is 9.27. The fourth-order valence-corrected chi connectivity index (χ4v) is 3.57. The summed E-state index contributed by atoms with van der Waals surface area (Å²) >= 11 is 0. The second-order valence-electron chi connectivity index (χ2n) is 6.76. The molecule has 1 fully saturated rings. The molecule has 1 N–H and O–H groups in total. The summed E-state index contributed by atoms with van der Waals surface area (Å²) in [6, 6.07) is 16.4. The Bertz CT molecular complexity index is 906. The van der Waals surface area contributed by atoms with Crippen molar-refractivity contribution in [2.75, 3.05) is 6.54 Å². The number of aryl methyl sites for hydroxylation is 1. The lowest BCUT2D eigenvalue weighted by Crippen LogP contribution is -2.29. The molecule has 0 aliphatic carbocycles. The third-order valence-electron chi connectivity index (χ3n) is 5.07. The van der Waals surface area contributed by atoms with Gasteiger partial charge in [0, 0.05) is 12.6 Å². The highest BCUT2D eigenvalue weighted by Gasteiger charge is 2.30. The average molecular weight is 345 g/mol. The number of imidazole rings is 1. The van der Waals surface area contributed by atoms with Crippen LogP contribution in [0.5, 0.6) is 0 Å². The van der Waals surface area contributed by atoms with Crippen LogP contribution in [0.3, 0.4) is 0 Å². The van der Waals surface area contributed by atoms with Gasteiger partial charge in [-0.3, -0.25) is 4.79 Å². The molecule has 0 radical (unpaired) electrons. The van der Waals surface area contributed by atoms with Crippen LogP contribution in [0.1, 0.15) is 42.8 Å². The maximum atomic E-state index is 12.7. The maximum Gasteiger partial charge on any atom is 0.247 e. The number of benzene rings is 2. The van der Waals surface area contributed by atoms with E-state index in [-0.39, 0.29) is 11.9 Å². The first-order valence-corrected chi connectivity index (χ1v) is 9.27. The number of H-pyrrole nitrogens is 1. The van der Waals surface area contributed by atoms with E-state index in [2.05, 4.69) is 36.2 Å². The Morgan fingerprint density at radius 1 is 1.23 bits per heavy atom. The minimum atomic E-state index is 0.0296. The van der Waals surface area contributed by atoms with Gasteiger partial charge in [0.1, 0.15) is 5.82 Å². The zero-order valence-corrected chi connectivity index (χ0v) is 15.0. The third kappa shape index (κ3) is 3.27. The molecule has 132 valence electrons. The van der Waals surface area contributed by atoms with Crippen LogP contribution in [-0.2, 0) is 11.2 Å². The molecule has 1 saturated heterocycles. The topological polar surface area (TPSA) is 49.0 Å². The van der Waals surface area contributed by atoms with E-state index in [4.69, 9.17) is 4.98 Å². The molecule has 1 aromatic heterocycles. The molecule has 1 aliphatic rings. The summed E-state index contributed by atoms with van der Waals surface area (Å²) in [6.45, 7) is 2.92. The molecule has 2 heterocycles. The van der Waals surface area contributed by atoms with Gasteiger partial charge < -0.3 is 9.88 Å². The molecule has 0 spiro atoms. The molecule has 1 unspecified atom stereocenters. The number of carbonyl (C=O) groups is 1. The van der Waals surface area contributed by atoms with E-state index in [9.17, 15) is 4.79 Å². The number of nitrogens with one attached hydrogen (secondary N) is 1. The van der Waals surface area contributed by atoms with Gasteiger partial charge in [-0.2, -0.15) is 0 Å². The van der Waals surface area contributed by atoms with Crippen molar-refractivity contribution in [3.63, 3.8) is 0 Å². The maximum absolute atomic E-state index is 12.7. The van der Waals surface area contributed by atoms with Gasteiger partial charge in [0.05, 0.1) is 17.1 Å². The average Bonchev–Trinajstić information content (AvgIpc) is 3.32. The molecular formula is C22H23N3O. The number of hydrogen-bond donors (Lipinski definition) is 1. The Morgan fingerprint density at radius 3 is 2.81 bits per heavy atom. The van der Waals surface area contributed by atoms with Crippen molar-refractivity contribution in [2.24, 2.45) is 0 Å².